The van der Waals surface area contributed by atoms with Crippen LogP contribution in [0.5, 0.6) is 0 Å². The van der Waals surface area contributed by atoms with Crippen LogP contribution in [0.25, 0.3) is 5.69 Å². The standard InChI is InChI=1S/C21H29N5O3/c1-15(2)20(27)23-19-14-26(24-16(19)3)18-6-4-5-17(13-18)21(28)22-7-8-25-9-11-29-12-10-25/h4-6,13-15H,7-12H2,1-3H3,(H,22,28)(H,23,27). The lowest BCUT2D eigenvalue weighted by molar-refractivity contribution is -0.118. The van der Waals surface area contributed by atoms with Crippen molar-refractivity contribution in [2.75, 3.05) is 44.7 Å². The molecule has 0 spiro atoms. The summed E-state index contributed by atoms with van der Waals surface area (Å²) in [4.78, 5) is 26.8. The van der Waals surface area contributed by atoms with E-state index in [1.54, 1.807) is 23.0 Å². The number of ether oxygens (including phenoxy) is 1. The number of nitrogens with one attached hydrogen (secondary N) is 2. The van der Waals surface area contributed by atoms with E-state index in [9.17, 15) is 9.59 Å². The fourth-order valence-corrected chi connectivity index (χ4v) is 3.04. The molecule has 1 aromatic heterocycles. The Hall–Kier alpha value is -2.71. The minimum atomic E-state index is -0.114. The Morgan fingerprint density at radius 3 is 2.72 bits per heavy atom. The van der Waals surface area contributed by atoms with Gasteiger partial charge in [-0.05, 0) is 25.1 Å². The maximum atomic E-state index is 12.5. The van der Waals surface area contributed by atoms with Crippen molar-refractivity contribution < 1.29 is 14.3 Å². The number of morpholine rings is 1. The second-order valence-electron chi connectivity index (χ2n) is 7.48. The number of carbonyl (C=O) groups excluding carboxylic acids is 2. The zero-order valence-corrected chi connectivity index (χ0v) is 17.3. The zero-order chi connectivity index (χ0) is 20.8. The number of aromatic nitrogens is 2. The summed E-state index contributed by atoms with van der Waals surface area (Å²) in [5, 5.41) is 10.3. The number of anilines is 1. The summed E-state index contributed by atoms with van der Waals surface area (Å²) in [7, 11) is 0. The third kappa shape index (κ3) is 5.65. The first-order chi connectivity index (χ1) is 13.9. The number of amides is 2. The Kier molecular flexibility index (Phi) is 7.00. The van der Waals surface area contributed by atoms with Gasteiger partial charge in [0.1, 0.15) is 0 Å². The summed E-state index contributed by atoms with van der Waals surface area (Å²) >= 11 is 0. The second-order valence-corrected chi connectivity index (χ2v) is 7.48. The molecule has 0 bridgehead atoms. The molecular formula is C21H29N5O3. The minimum Gasteiger partial charge on any atom is -0.379 e. The molecule has 1 aromatic carbocycles. The van der Waals surface area contributed by atoms with E-state index in [1.807, 2.05) is 32.9 Å². The molecule has 0 radical (unpaired) electrons. The average molecular weight is 399 g/mol. The molecule has 2 amide bonds. The largest absolute Gasteiger partial charge is 0.379 e. The first kappa shape index (κ1) is 21.0. The fourth-order valence-electron chi connectivity index (χ4n) is 3.04. The van der Waals surface area contributed by atoms with Crippen molar-refractivity contribution in [2.45, 2.75) is 20.8 Å². The maximum Gasteiger partial charge on any atom is 0.251 e. The summed E-state index contributed by atoms with van der Waals surface area (Å²) in [6.45, 7) is 10.2. The molecule has 29 heavy (non-hydrogen) atoms. The van der Waals surface area contributed by atoms with Crippen molar-refractivity contribution in [1.29, 1.82) is 0 Å². The molecule has 8 nitrogen and oxygen atoms in total. The van der Waals surface area contributed by atoms with E-state index in [2.05, 4.69) is 20.6 Å². The van der Waals surface area contributed by atoms with Gasteiger partial charge in [-0.3, -0.25) is 14.5 Å². The molecule has 2 heterocycles. The highest BCUT2D eigenvalue weighted by Gasteiger charge is 2.14. The molecule has 1 saturated heterocycles. The predicted molar refractivity (Wildman–Crippen MR) is 111 cm³/mol. The Balaban J connectivity index is 1.63. The van der Waals surface area contributed by atoms with E-state index in [1.165, 1.54) is 0 Å². The molecule has 0 unspecified atom stereocenters. The normalized spacial score (nSPS) is 14.8. The lowest BCUT2D eigenvalue weighted by atomic mass is 10.2. The highest BCUT2D eigenvalue weighted by Crippen LogP contribution is 2.18. The van der Waals surface area contributed by atoms with Gasteiger partial charge in [0.2, 0.25) is 5.91 Å². The molecule has 2 N–H and O–H groups in total. The van der Waals surface area contributed by atoms with E-state index in [0.29, 0.717) is 17.8 Å². The van der Waals surface area contributed by atoms with Crippen LogP contribution in [0.15, 0.2) is 30.5 Å². The predicted octanol–water partition coefficient (Wildman–Crippen LogP) is 1.84. The first-order valence-electron chi connectivity index (χ1n) is 10.00. The van der Waals surface area contributed by atoms with Crippen molar-refractivity contribution in [3.05, 3.63) is 41.7 Å². The number of aryl methyl sites for hydroxylation is 1. The van der Waals surface area contributed by atoms with E-state index < -0.39 is 0 Å². The van der Waals surface area contributed by atoms with Gasteiger partial charge >= 0.3 is 0 Å². The van der Waals surface area contributed by atoms with Gasteiger partial charge in [-0.15, -0.1) is 0 Å². The third-order valence-corrected chi connectivity index (χ3v) is 4.87. The van der Waals surface area contributed by atoms with E-state index in [-0.39, 0.29) is 17.7 Å². The van der Waals surface area contributed by atoms with Crippen LogP contribution in [-0.2, 0) is 9.53 Å². The lowest BCUT2D eigenvalue weighted by Crippen LogP contribution is -2.41. The summed E-state index contributed by atoms with van der Waals surface area (Å²) in [5.74, 6) is -0.277. The first-order valence-corrected chi connectivity index (χ1v) is 10.00. The van der Waals surface area contributed by atoms with Gasteiger partial charge < -0.3 is 15.4 Å². The number of hydrogen-bond acceptors (Lipinski definition) is 5. The van der Waals surface area contributed by atoms with Crippen LogP contribution in [0.3, 0.4) is 0 Å². The number of rotatable bonds is 7. The van der Waals surface area contributed by atoms with Crippen LogP contribution in [0.2, 0.25) is 0 Å². The summed E-state index contributed by atoms with van der Waals surface area (Å²) in [5.41, 5.74) is 2.73. The van der Waals surface area contributed by atoms with Crippen molar-refractivity contribution >= 4 is 17.5 Å². The molecule has 156 valence electrons. The Morgan fingerprint density at radius 1 is 1.24 bits per heavy atom. The molecule has 0 aliphatic carbocycles. The van der Waals surface area contributed by atoms with Crippen molar-refractivity contribution in [1.82, 2.24) is 20.0 Å². The monoisotopic (exact) mass is 399 g/mol. The molecule has 0 saturated carbocycles. The maximum absolute atomic E-state index is 12.5. The van der Waals surface area contributed by atoms with Gasteiger partial charge in [0.05, 0.1) is 36.5 Å². The number of hydrogen-bond donors (Lipinski definition) is 2. The van der Waals surface area contributed by atoms with Gasteiger partial charge in [-0.1, -0.05) is 19.9 Å². The van der Waals surface area contributed by atoms with Crippen LogP contribution in [-0.4, -0.2) is 65.9 Å². The summed E-state index contributed by atoms with van der Waals surface area (Å²) in [6.07, 6.45) is 1.77. The van der Waals surface area contributed by atoms with Crippen molar-refractivity contribution in [3.8, 4) is 5.69 Å². The quantitative estimate of drug-likeness (QED) is 0.742. The molecule has 1 fully saturated rings. The van der Waals surface area contributed by atoms with Crippen LogP contribution < -0.4 is 10.6 Å². The topological polar surface area (TPSA) is 88.5 Å². The highest BCUT2D eigenvalue weighted by atomic mass is 16.5. The number of carbonyl (C=O) groups is 2. The number of benzene rings is 1. The summed E-state index contributed by atoms with van der Waals surface area (Å²) < 4.78 is 7.01. The Bertz CT molecular complexity index is 856. The molecule has 0 atom stereocenters. The van der Waals surface area contributed by atoms with Crippen LogP contribution in [0.4, 0.5) is 5.69 Å². The smallest absolute Gasteiger partial charge is 0.251 e. The van der Waals surface area contributed by atoms with Gasteiger partial charge in [0, 0.05) is 37.7 Å². The molecule has 2 aromatic rings. The molecule has 3 rings (SSSR count). The second kappa shape index (κ2) is 9.67. The van der Waals surface area contributed by atoms with Gasteiger partial charge in [-0.25, -0.2) is 4.68 Å². The third-order valence-electron chi connectivity index (χ3n) is 4.87. The molecular weight excluding hydrogens is 370 g/mol. The minimum absolute atomic E-state index is 0.0546. The van der Waals surface area contributed by atoms with Crippen molar-refractivity contribution in [2.24, 2.45) is 5.92 Å². The van der Waals surface area contributed by atoms with Gasteiger partial charge in [0.25, 0.3) is 5.91 Å². The van der Waals surface area contributed by atoms with E-state index >= 15 is 0 Å². The molecule has 1 aliphatic rings. The van der Waals surface area contributed by atoms with E-state index in [0.717, 1.165) is 44.2 Å². The van der Waals surface area contributed by atoms with E-state index in [4.69, 9.17) is 4.74 Å². The lowest BCUT2D eigenvalue weighted by Gasteiger charge is -2.26. The average Bonchev–Trinajstić information content (AvgIpc) is 3.09. The summed E-state index contributed by atoms with van der Waals surface area (Å²) in [6, 6.07) is 7.29. The van der Waals surface area contributed by atoms with Crippen LogP contribution >= 0.6 is 0 Å². The van der Waals surface area contributed by atoms with Gasteiger partial charge in [-0.2, -0.15) is 5.10 Å². The Morgan fingerprint density at radius 2 is 2.00 bits per heavy atom. The van der Waals surface area contributed by atoms with Gasteiger partial charge in [0.15, 0.2) is 0 Å². The van der Waals surface area contributed by atoms with Crippen LogP contribution in [0, 0.1) is 12.8 Å². The zero-order valence-electron chi connectivity index (χ0n) is 17.3. The SMILES string of the molecule is Cc1nn(-c2cccc(C(=O)NCCN3CCOCC3)c2)cc1NC(=O)C(C)C. The van der Waals surface area contributed by atoms with Crippen molar-refractivity contribution in [3.63, 3.8) is 0 Å². The number of nitrogens with zero attached hydrogens (tertiary/aromatic N) is 3. The molecule has 8 heteroatoms. The fraction of sp³-hybridized carbons (Fsp3) is 0.476. The van der Waals surface area contributed by atoms with Crippen LogP contribution in [0.1, 0.15) is 29.9 Å². The highest BCUT2D eigenvalue weighted by molar-refractivity contribution is 5.95. The molecule has 1 aliphatic heterocycles. The Labute approximate surface area is 171 Å².